The largest absolute Gasteiger partial charge is 0.393 e. The number of rotatable bonds is 3. The molecule has 0 bridgehead atoms. The lowest BCUT2D eigenvalue weighted by Crippen LogP contribution is -2.30. The van der Waals surface area contributed by atoms with Gasteiger partial charge in [-0.05, 0) is 40.9 Å². The topological polar surface area (TPSA) is 45.1 Å². The Morgan fingerprint density at radius 3 is 2.94 bits per heavy atom. The minimum absolute atomic E-state index is 0.145. The standard InChI is InChI=1S/C12H17BrN2O/c13-11-6-3-7-12(15-11)14-8-9-4-1-2-5-10(9)16/h3,6-7,9-10,16H,1-2,4-5,8H2,(H,14,15). The van der Waals surface area contributed by atoms with Crippen molar-refractivity contribution in [1.82, 2.24) is 4.98 Å². The van der Waals surface area contributed by atoms with Crippen molar-refractivity contribution in [2.24, 2.45) is 5.92 Å². The van der Waals surface area contributed by atoms with Gasteiger partial charge in [0, 0.05) is 12.5 Å². The van der Waals surface area contributed by atoms with Crippen molar-refractivity contribution in [2.75, 3.05) is 11.9 Å². The monoisotopic (exact) mass is 284 g/mol. The summed E-state index contributed by atoms with van der Waals surface area (Å²) in [4.78, 5) is 4.31. The molecule has 0 aliphatic heterocycles. The van der Waals surface area contributed by atoms with E-state index in [0.717, 1.165) is 36.2 Å². The number of aliphatic hydroxyl groups is 1. The van der Waals surface area contributed by atoms with E-state index >= 15 is 0 Å². The Morgan fingerprint density at radius 1 is 1.38 bits per heavy atom. The van der Waals surface area contributed by atoms with Crippen molar-refractivity contribution in [3.63, 3.8) is 0 Å². The minimum Gasteiger partial charge on any atom is -0.393 e. The molecule has 88 valence electrons. The SMILES string of the molecule is OC1CCCCC1CNc1cccc(Br)n1. The molecule has 3 nitrogen and oxygen atoms in total. The summed E-state index contributed by atoms with van der Waals surface area (Å²) in [7, 11) is 0. The minimum atomic E-state index is -0.145. The van der Waals surface area contributed by atoms with Crippen molar-refractivity contribution in [1.29, 1.82) is 0 Å². The highest BCUT2D eigenvalue weighted by atomic mass is 79.9. The molecule has 0 saturated heterocycles. The first-order chi connectivity index (χ1) is 7.75. The molecule has 0 aromatic carbocycles. The summed E-state index contributed by atoms with van der Waals surface area (Å²) in [5, 5.41) is 13.1. The predicted molar refractivity (Wildman–Crippen MR) is 68.4 cm³/mol. The molecule has 2 rings (SSSR count). The van der Waals surface area contributed by atoms with Crippen molar-refractivity contribution in [2.45, 2.75) is 31.8 Å². The van der Waals surface area contributed by atoms with Crippen LogP contribution in [0.5, 0.6) is 0 Å². The Bertz CT molecular complexity index is 346. The number of halogens is 1. The van der Waals surface area contributed by atoms with Crippen LogP contribution < -0.4 is 5.32 Å². The molecule has 2 unspecified atom stereocenters. The number of nitrogens with zero attached hydrogens (tertiary/aromatic N) is 1. The van der Waals surface area contributed by atoms with Crippen LogP contribution in [-0.4, -0.2) is 22.7 Å². The van der Waals surface area contributed by atoms with Gasteiger partial charge >= 0.3 is 0 Å². The summed E-state index contributed by atoms with van der Waals surface area (Å²) in [6, 6.07) is 5.80. The number of nitrogens with one attached hydrogen (secondary N) is 1. The number of aliphatic hydroxyl groups excluding tert-OH is 1. The highest BCUT2D eigenvalue weighted by molar-refractivity contribution is 9.10. The van der Waals surface area contributed by atoms with E-state index in [1.165, 1.54) is 6.42 Å². The van der Waals surface area contributed by atoms with Gasteiger partial charge in [-0.3, -0.25) is 0 Å². The number of hydrogen-bond donors (Lipinski definition) is 2. The fourth-order valence-corrected chi connectivity index (χ4v) is 2.51. The lowest BCUT2D eigenvalue weighted by molar-refractivity contribution is 0.0763. The second-order valence-electron chi connectivity index (χ2n) is 4.34. The molecular weight excluding hydrogens is 268 g/mol. The van der Waals surface area contributed by atoms with Crippen LogP contribution in [0.2, 0.25) is 0 Å². The number of pyridine rings is 1. The maximum absolute atomic E-state index is 9.83. The van der Waals surface area contributed by atoms with Gasteiger partial charge in [0.2, 0.25) is 0 Å². The fourth-order valence-electron chi connectivity index (χ4n) is 2.17. The molecule has 2 atom stereocenters. The van der Waals surface area contributed by atoms with Crippen LogP contribution in [0.4, 0.5) is 5.82 Å². The van der Waals surface area contributed by atoms with Gasteiger partial charge in [-0.15, -0.1) is 0 Å². The predicted octanol–water partition coefficient (Wildman–Crippen LogP) is 2.81. The van der Waals surface area contributed by atoms with Gasteiger partial charge < -0.3 is 10.4 Å². The van der Waals surface area contributed by atoms with Gasteiger partial charge in [-0.1, -0.05) is 18.9 Å². The molecule has 1 aromatic rings. The molecule has 1 heterocycles. The van der Waals surface area contributed by atoms with Gasteiger partial charge in [0.25, 0.3) is 0 Å². The first kappa shape index (κ1) is 11.9. The van der Waals surface area contributed by atoms with Crippen molar-refractivity contribution in [3.8, 4) is 0 Å². The third kappa shape index (κ3) is 3.19. The Hall–Kier alpha value is -0.610. The van der Waals surface area contributed by atoms with E-state index in [4.69, 9.17) is 0 Å². The zero-order valence-corrected chi connectivity index (χ0v) is 10.8. The van der Waals surface area contributed by atoms with E-state index < -0.39 is 0 Å². The molecule has 4 heteroatoms. The Morgan fingerprint density at radius 2 is 2.19 bits per heavy atom. The Balaban J connectivity index is 1.86. The zero-order valence-electron chi connectivity index (χ0n) is 9.19. The fraction of sp³-hybridized carbons (Fsp3) is 0.583. The number of anilines is 1. The van der Waals surface area contributed by atoms with E-state index in [0.29, 0.717) is 5.92 Å². The first-order valence-electron chi connectivity index (χ1n) is 5.80. The third-order valence-electron chi connectivity index (χ3n) is 3.13. The molecule has 1 aliphatic rings. The molecule has 1 aromatic heterocycles. The van der Waals surface area contributed by atoms with Gasteiger partial charge in [0.15, 0.2) is 0 Å². The highest BCUT2D eigenvalue weighted by Gasteiger charge is 2.22. The smallest absolute Gasteiger partial charge is 0.127 e. The second-order valence-corrected chi connectivity index (χ2v) is 5.15. The summed E-state index contributed by atoms with van der Waals surface area (Å²) < 4.78 is 0.835. The molecule has 2 N–H and O–H groups in total. The summed E-state index contributed by atoms with van der Waals surface area (Å²) in [6.07, 6.45) is 4.30. The molecule has 16 heavy (non-hydrogen) atoms. The molecular formula is C12H17BrN2O. The van der Waals surface area contributed by atoms with Crippen LogP contribution in [-0.2, 0) is 0 Å². The molecule has 0 amide bonds. The van der Waals surface area contributed by atoms with Crippen molar-refractivity contribution >= 4 is 21.7 Å². The van der Waals surface area contributed by atoms with E-state index in [2.05, 4.69) is 26.2 Å². The van der Waals surface area contributed by atoms with Gasteiger partial charge in [-0.25, -0.2) is 4.98 Å². The molecule has 1 saturated carbocycles. The summed E-state index contributed by atoms with van der Waals surface area (Å²) in [5.74, 6) is 1.24. The lowest BCUT2D eigenvalue weighted by Gasteiger charge is -2.27. The van der Waals surface area contributed by atoms with Gasteiger partial charge in [0.1, 0.15) is 10.4 Å². The highest BCUT2D eigenvalue weighted by Crippen LogP contribution is 2.24. The van der Waals surface area contributed by atoms with Crippen molar-refractivity contribution < 1.29 is 5.11 Å². The Labute approximate surface area is 104 Å². The van der Waals surface area contributed by atoms with Crippen LogP contribution in [0.3, 0.4) is 0 Å². The number of hydrogen-bond acceptors (Lipinski definition) is 3. The normalized spacial score (nSPS) is 25.4. The third-order valence-corrected chi connectivity index (χ3v) is 3.57. The van der Waals surface area contributed by atoms with Crippen LogP contribution in [0.1, 0.15) is 25.7 Å². The van der Waals surface area contributed by atoms with E-state index in [1.54, 1.807) is 0 Å². The average molecular weight is 285 g/mol. The molecule has 1 aliphatic carbocycles. The number of aromatic nitrogens is 1. The van der Waals surface area contributed by atoms with Crippen molar-refractivity contribution in [3.05, 3.63) is 22.8 Å². The Kier molecular flexibility index (Phi) is 4.18. The summed E-state index contributed by atoms with van der Waals surface area (Å²) in [6.45, 7) is 0.810. The summed E-state index contributed by atoms with van der Waals surface area (Å²) >= 11 is 3.34. The van der Waals surface area contributed by atoms with Crippen LogP contribution in [0.15, 0.2) is 22.8 Å². The molecule has 1 fully saturated rings. The maximum Gasteiger partial charge on any atom is 0.127 e. The van der Waals surface area contributed by atoms with E-state index in [-0.39, 0.29) is 6.10 Å². The first-order valence-corrected chi connectivity index (χ1v) is 6.59. The van der Waals surface area contributed by atoms with Crippen LogP contribution in [0.25, 0.3) is 0 Å². The van der Waals surface area contributed by atoms with Crippen LogP contribution in [0, 0.1) is 5.92 Å². The quantitative estimate of drug-likeness (QED) is 0.839. The van der Waals surface area contributed by atoms with Gasteiger partial charge in [-0.2, -0.15) is 0 Å². The van der Waals surface area contributed by atoms with E-state index in [9.17, 15) is 5.11 Å². The van der Waals surface area contributed by atoms with Crippen LogP contribution >= 0.6 is 15.9 Å². The van der Waals surface area contributed by atoms with Gasteiger partial charge in [0.05, 0.1) is 6.10 Å². The average Bonchev–Trinajstić information content (AvgIpc) is 2.28. The zero-order chi connectivity index (χ0) is 11.4. The maximum atomic E-state index is 9.83. The molecule has 0 radical (unpaired) electrons. The van der Waals surface area contributed by atoms with E-state index in [1.807, 2.05) is 18.2 Å². The molecule has 0 spiro atoms. The summed E-state index contributed by atoms with van der Waals surface area (Å²) in [5.41, 5.74) is 0. The lowest BCUT2D eigenvalue weighted by atomic mass is 9.86. The second kappa shape index (κ2) is 5.64.